The number of hydrogen-bond acceptors (Lipinski definition) is 10. The van der Waals surface area contributed by atoms with E-state index in [-0.39, 0.29) is 38.7 Å². The number of hydrogen-bond donors (Lipinski definition) is 2. The number of allylic oxidation sites excluding steroid dienone is 2. The van der Waals surface area contributed by atoms with E-state index in [2.05, 4.69) is 29.8 Å². The van der Waals surface area contributed by atoms with Crippen LogP contribution in [0.15, 0.2) is 127 Å². The highest BCUT2D eigenvalue weighted by Crippen LogP contribution is 2.66. The molecule has 1 spiro atoms. The number of rotatable bonds is 12. The standard InChI is InChI=1S/C50H49N3O9/c1-3-27-51-46(55)41-43-47(56)62-44(36-17-11-6-12-18-36)42(35-15-9-5-10-16-35)53(43)45(37-22-24-38(25-23-37)60-29-28-54)50(41)39-32-34(20-19-33-13-7-4-8-14-33)21-26-40(39)52(48(50)57)49(58)61-31-30-59-2/h3,5-6,9-13,15-18,21-26,32,41-45,54H,1,4,7-8,14,27-31H2,2H3,(H,51,55)/t41-,42-,43-,44+,45+,50-/m0/s1. The molecule has 6 atom stereocenters. The molecule has 2 saturated heterocycles. The third kappa shape index (κ3) is 7.68. The van der Waals surface area contributed by atoms with Crippen LogP contribution >= 0.6 is 0 Å². The molecule has 0 unspecified atom stereocenters. The first-order valence-corrected chi connectivity index (χ1v) is 21.0. The molecule has 1 aliphatic carbocycles. The van der Waals surface area contributed by atoms with Gasteiger partial charge in [-0.2, -0.15) is 0 Å². The van der Waals surface area contributed by atoms with Crippen molar-refractivity contribution in [3.8, 4) is 17.6 Å². The van der Waals surface area contributed by atoms with Gasteiger partial charge in [0.05, 0.1) is 36.9 Å². The molecule has 0 aromatic heterocycles. The number of methoxy groups -OCH3 is 1. The second kappa shape index (κ2) is 18.6. The largest absolute Gasteiger partial charge is 0.491 e. The Bertz CT molecular complexity index is 2410. The van der Waals surface area contributed by atoms with Crippen LogP contribution in [0.4, 0.5) is 10.5 Å². The maximum absolute atomic E-state index is 16.1. The monoisotopic (exact) mass is 835 g/mol. The fraction of sp³-hybridized carbons (Fsp3) is 0.320. The summed E-state index contributed by atoms with van der Waals surface area (Å²) in [5.41, 5.74) is 2.21. The molecule has 3 heterocycles. The Morgan fingerprint density at radius 3 is 2.32 bits per heavy atom. The van der Waals surface area contributed by atoms with Crippen LogP contribution in [0.3, 0.4) is 0 Å². The topological polar surface area (TPSA) is 144 Å². The molecule has 0 saturated carbocycles. The smallest absolute Gasteiger partial charge is 0.421 e. The molecule has 3 amide bonds. The molecular weight excluding hydrogens is 787 g/mol. The summed E-state index contributed by atoms with van der Waals surface area (Å²) in [7, 11) is 1.47. The van der Waals surface area contributed by atoms with Gasteiger partial charge in [-0.1, -0.05) is 96.8 Å². The average molecular weight is 836 g/mol. The number of imide groups is 1. The molecule has 2 fully saturated rings. The Morgan fingerprint density at radius 1 is 0.903 bits per heavy atom. The number of aliphatic hydroxyl groups is 1. The highest BCUT2D eigenvalue weighted by Gasteiger charge is 2.75. The highest BCUT2D eigenvalue weighted by atomic mass is 16.6. The maximum Gasteiger partial charge on any atom is 0.421 e. The zero-order chi connectivity index (χ0) is 43.2. The van der Waals surface area contributed by atoms with Gasteiger partial charge in [-0.25, -0.2) is 9.69 Å². The highest BCUT2D eigenvalue weighted by molar-refractivity contribution is 6.23. The number of cyclic esters (lactones) is 1. The van der Waals surface area contributed by atoms with Crippen LogP contribution in [0, 0.1) is 17.8 Å². The summed E-state index contributed by atoms with van der Waals surface area (Å²) >= 11 is 0. The first-order valence-electron chi connectivity index (χ1n) is 21.0. The fourth-order valence-electron chi connectivity index (χ4n) is 9.54. The molecule has 12 heteroatoms. The molecule has 8 rings (SSSR count). The summed E-state index contributed by atoms with van der Waals surface area (Å²) < 4.78 is 23.1. The second-order valence-electron chi connectivity index (χ2n) is 15.6. The second-order valence-corrected chi connectivity index (χ2v) is 15.6. The van der Waals surface area contributed by atoms with E-state index in [0.29, 0.717) is 28.0 Å². The summed E-state index contributed by atoms with van der Waals surface area (Å²) in [5, 5.41) is 12.4. The van der Waals surface area contributed by atoms with Crippen LogP contribution < -0.4 is 15.0 Å². The van der Waals surface area contributed by atoms with Crippen molar-refractivity contribution >= 4 is 29.6 Å². The van der Waals surface area contributed by atoms with Gasteiger partial charge in [0.1, 0.15) is 36.5 Å². The zero-order valence-electron chi connectivity index (χ0n) is 34.5. The van der Waals surface area contributed by atoms with Crippen molar-refractivity contribution in [3.05, 3.63) is 155 Å². The summed E-state index contributed by atoms with van der Waals surface area (Å²) in [6.07, 6.45) is 5.77. The molecule has 318 valence electrons. The van der Waals surface area contributed by atoms with Crippen molar-refractivity contribution in [3.63, 3.8) is 0 Å². The number of ether oxygens (including phenoxy) is 4. The number of esters is 1. The number of amides is 3. The lowest BCUT2D eigenvalue weighted by molar-refractivity contribution is -0.178. The molecule has 3 aliphatic heterocycles. The van der Waals surface area contributed by atoms with Crippen molar-refractivity contribution in [1.82, 2.24) is 10.2 Å². The number of anilines is 1. The number of morpholine rings is 1. The first-order chi connectivity index (χ1) is 30.3. The van der Waals surface area contributed by atoms with Crippen LogP contribution in [0.2, 0.25) is 0 Å². The number of nitrogens with one attached hydrogen (secondary N) is 1. The molecular formula is C50H49N3O9. The van der Waals surface area contributed by atoms with Crippen molar-refractivity contribution in [2.75, 3.05) is 45.0 Å². The number of aliphatic hydroxyl groups excluding tert-OH is 1. The van der Waals surface area contributed by atoms with Crippen LogP contribution in [0.1, 0.15) is 71.7 Å². The van der Waals surface area contributed by atoms with Gasteiger partial charge in [0.25, 0.3) is 0 Å². The molecule has 62 heavy (non-hydrogen) atoms. The van der Waals surface area contributed by atoms with Crippen LogP contribution in [0.5, 0.6) is 5.75 Å². The molecule has 4 aromatic carbocycles. The van der Waals surface area contributed by atoms with Crippen LogP contribution in [-0.4, -0.2) is 80.0 Å². The first kappa shape index (κ1) is 42.2. The summed E-state index contributed by atoms with van der Waals surface area (Å²) in [4.78, 5) is 63.7. The Labute approximate surface area is 361 Å². The van der Waals surface area contributed by atoms with Crippen molar-refractivity contribution in [1.29, 1.82) is 0 Å². The van der Waals surface area contributed by atoms with E-state index in [9.17, 15) is 9.90 Å². The Morgan fingerprint density at radius 2 is 1.65 bits per heavy atom. The number of carbonyl (C=O) groups is 4. The lowest BCUT2D eigenvalue weighted by Crippen LogP contribution is -2.55. The summed E-state index contributed by atoms with van der Waals surface area (Å²) in [5.74, 6) is 3.58. The average Bonchev–Trinajstić information content (AvgIpc) is 3.76. The third-order valence-electron chi connectivity index (χ3n) is 12.1. The fourth-order valence-corrected chi connectivity index (χ4v) is 9.54. The zero-order valence-corrected chi connectivity index (χ0v) is 34.5. The van der Waals surface area contributed by atoms with Gasteiger partial charge in [0.15, 0.2) is 0 Å². The number of fused-ring (bicyclic) bond motifs is 3. The van der Waals surface area contributed by atoms with Gasteiger partial charge < -0.3 is 29.4 Å². The van der Waals surface area contributed by atoms with E-state index in [4.69, 9.17) is 18.9 Å². The number of carbonyl (C=O) groups excluding carboxylic acids is 4. The van der Waals surface area contributed by atoms with E-state index in [1.807, 2.05) is 65.6 Å². The van der Waals surface area contributed by atoms with Gasteiger partial charge in [-0.15, -0.1) is 6.58 Å². The van der Waals surface area contributed by atoms with Crippen molar-refractivity contribution in [2.45, 2.75) is 55.3 Å². The molecule has 0 bridgehead atoms. The van der Waals surface area contributed by atoms with Gasteiger partial charge in [-0.3, -0.25) is 19.3 Å². The van der Waals surface area contributed by atoms with Crippen molar-refractivity contribution in [2.24, 2.45) is 5.92 Å². The molecule has 0 radical (unpaired) electrons. The maximum atomic E-state index is 16.1. The van der Waals surface area contributed by atoms with Crippen LogP contribution in [-0.2, 0) is 34.0 Å². The molecule has 4 aromatic rings. The van der Waals surface area contributed by atoms with Gasteiger partial charge >= 0.3 is 12.1 Å². The van der Waals surface area contributed by atoms with Gasteiger partial charge in [-0.05, 0) is 83.8 Å². The lowest BCUT2D eigenvalue weighted by atomic mass is 9.65. The third-order valence-corrected chi connectivity index (χ3v) is 12.1. The molecule has 12 nitrogen and oxygen atoms in total. The Kier molecular flexibility index (Phi) is 12.7. The summed E-state index contributed by atoms with van der Waals surface area (Å²) in [6.45, 7) is 3.65. The molecule has 4 aliphatic rings. The Balaban J connectivity index is 1.44. The normalized spacial score (nSPS) is 23.9. The minimum absolute atomic E-state index is 0.0357. The van der Waals surface area contributed by atoms with Crippen LogP contribution in [0.25, 0.3) is 0 Å². The minimum Gasteiger partial charge on any atom is -0.491 e. The van der Waals surface area contributed by atoms with E-state index >= 15 is 14.4 Å². The number of nitrogens with zero attached hydrogens (tertiary/aromatic N) is 2. The van der Waals surface area contributed by atoms with Crippen molar-refractivity contribution < 1.29 is 43.2 Å². The van der Waals surface area contributed by atoms with E-state index in [1.165, 1.54) is 13.2 Å². The summed E-state index contributed by atoms with van der Waals surface area (Å²) in [6, 6.07) is 28.0. The van der Waals surface area contributed by atoms with Gasteiger partial charge in [0, 0.05) is 19.2 Å². The Hall–Kier alpha value is -6.52. The SMILES string of the molecule is C=CCNC(=O)[C@@H]1[C@H]2C(=O)O[C@H](c3ccccc3)[C@H](c3ccccc3)N2[C@H](c2ccc(OCCO)cc2)[C@@]12C(=O)N(C(=O)OCCOC)c1ccc(C#CC3=CCCCC3)cc12. The lowest BCUT2D eigenvalue weighted by Gasteiger charge is -2.46. The van der Waals surface area contributed by atoms with E-state index in [1.54, 1.807) is 42.5 Å². The van der Waals surface area contributed by atoms with Gasteiger partial charge in [0.2, 0.25) is 11.8 Å². The van der Waals surface area contributed by atoms with E-state index in [0.717, 1.165) is 41.7 Å². The van der Waals surface area contributed by atoms with E-state index < -0.39 is 59.4 Å². The molecule has 2 N–H and O–H groups in total. The predicted molar refractivity (Wildman–Crippen MR) is 231 cm³/mol. The number of benzene rings is 4. The quantitative estimate of drug-likeness (QED) is 0.0689. The minimum atomic E-state index is -1.96. The predicted octanol–water partition coefficient (Wildman–Crippen LogP) is 6.66.